The topological polar surface area (TPSA) is 55.8 Å². The standard InChI is InChI=1S/C13H10BrClO4S/c1-18-11-4-8(15)3-10(13(16)17)12(11)19-5-9-2-7(14)6-20-9/h2-4,6H,5H2,1H3,(H,16,17). The van der Waals surface area contributed by atoms with Crippen LogP contribution in [0.15, 0.2) is 28.1 Å². The van der Waals surface area contributed by atoms with E-state index in [-0.39, 0.29) is 22.9 Å². The van der Waals surface area contributed by atoms with Crippen LogP contribution in [0.25, 0.3) is 0 Å². The fourth-order valence-electron chi connectivity index (χ4n) is 1.60. The molecule has 0 bridgehead atoms. The minimum Gasteiger partial charge on any atom is -0.493 e. The number of carbonyl (C=O) groups is 1. The average molecular weight is 378 g/mol. The Morgan fingerprint density at radius 2 is 2.20 bits per heavy atom. The van der Waals surface area contributed by atoms with Crippen molar-refractivity contribution in [2.45, 2.75) is 6.61 Å². The Bertz CT molecular complexity index is 641. The lowest BCUT2D eigenvalue weighted by molar-refractivity contribution is 0.0691. The van der Waals surface area contributed by atoms with Gasteiger partial charge in [0.25, 0.3) is 0 Å². The molecule has 0 saturated carbocycles. The van der Waals surface area contributed by atoms with Gasteiger partial charge in [-0.05, 0) is 28.1 Å². The van der Waals surface area contributed by atoms with Crippen LogP contribution in [-0.4, -0.2) is 18.2 Å². The molecule has 7 heteroatoms. The Kier molecular flexibility index (Phi) is 4.91. The molecule has 0 amide bonds. The Hall–Kier alpha value is -1.24. The summed E-state index contributed by atoms with van der Waals surface area (Å²) in [6.45, 7) is 0.258. The molecular weight excluding hydrogens is 368 g/mol. The first-order chi connectivity index (χ1) is 9.51. The SMILES string of the molecule is COc1cc(Cl)cc(C(=O)O)c1OCc1cc(Br)cs1. The molecule has 20 heavy (non-hydrogen) atoms. The summed E-state index contributed by atoms with van der Waals surface area (Å²) in [6.07, 6.45) is 0. The number of hydrogen-bond donors (Lipinski definition) is 1. The first-order valence-corrected chi connectivity index (χ1v) is 7.53. The molecule has 1 aromatic carbocycles. The fourth-order valence-corrected chi connectivity index (χ4v) is 3.17. The zero-order valence-corrected chi connectivity index (χ0v) is 13.5. The molecule has 1 N–H and O–H groups in total. The van der Waals surface area contributed by atoms with Crippen LogP contribution in [-0.2, 0) is 6.61 Å². The number of aromatic carboxylic acids is 1. The van der Waals surface area contributed by atoms with Gasteiger partial charge in [-0.15, -0.1) is 11.3 Å². The lowest BCUT2D eigenvalue weighted by atomic mass is 10.2. The van der Waals surface area contributed by atoms with E-state index in [2.05, 4.69) is 15.9 Å². The van der Waals surface area contributed by atoms with Gasteiger partial charge in [0.15, 0.2) is 11.5 Å². The van der Waals surface area contributed by atoms with Crippen molar-refractivity contribution in [2.75, 3.05) is 7.11 Å². The van der Waals surface area contributed by atoms with Gasteiger partial charge in [-0.3, -0.25) is 0 Å². The molecule has 0 unspecified atom stereocenters. The molecule has 0 atom stereocenters. The smallest absolute Gasteiger partial charge is 0.339 e. The van der Waals surface area contributed by atoms with Gasteiger partial charge in [0.05, 0.1) is 7.11 Å². The van der Waals surface area contributed by atoms with Crippen LogP contribution in [0.2, 0.25) is 5.02 Å². The van der Waals surface area contributed by atoms with Crippen LogP contribution in [0.5, 0.6) is 11.5 Å². The number of hydrogen-bond acceptors (Lipinski definition) is 4. The predicted molar refractivity (Wildman–Crippen MR) is 81.3 cm³/mol. The maximum atomic E-state index is 11.3. The molecule has 0 fully saturated rings. The lowest BCUT2D eigenvalue weighted by Gasteiger charge is -2.13. The Morgan fingerprint density at radius 1 is 1.45 bits per heavy atom. The number of benzene rings is 1. The second-order valence-corrected chi connectivity index (χ2v) is 6.16. The second kappa shape index (κ2) is 6.47. The van der Waals surface area contributed by atoms with E-state index in [1.807, 2.05) is 11.4 Å². The molecule has 2 aromatic rings. The highest BCUT2D eigenvalue weighted by Crippen LogP contribution is 2.35. The number of ether oxygens (including phenoxy) is 2. The predicted octanol–water partition coefficient (Wildman–Crippen LogP) is 4.45. The van der Waals surface area contributed by atoms with E-state index < -0.39 is 5.97 Å². The molecule has 1 aromatic heterocycles. The highest BCUT2D eigenvalue weighted by molar-refractivity contribution is 9.10. The summed E-state index contributed by atoms with van der Waals surface area (Å²) >= 11 is 10.7. The number of methoxy groups -OCH3 is 1. The van der Waals surface area contributed by atoms with Crippen molar-refractivity contribution >= 4 is 44.8 Å². The molecule has 0 spiro atoms. The molecular formula is C13H10BrClO4S. The first kappa shape index (κ1) is 15.2. The maximum absolute atomic E-state index is 11.3. The fraction of sp³-hybridized carbons (Fsp3) is 0.154. The van der Waals surface area contributed by atoms with E-state index in [0.29, 0.717) is 5.75 Å². The summed E-state index contributed by atoms with van der Waals surface area (Å²) in [5, 5.41) is 11.4. The quantitative estimate of drug-likeness (QED) is 0.836. The third-order valence-corrected chi connectivity index (χ3v) is 4.34. The largest absolute Gasteiger partial charge is 0.493 e. The minimum absolute atomic E-state index is 0.0232. The number of thiophene rings is 1. The van der Waals surface area contributed by atoms with Gasteiger partial charge in [0.1, 0.15) is 12.2 Å². The summed E-state index contributed by atoms with van der Waals surface area (Å²) in [4.78, 5) is 12.2. The molecule has 1 heterocycles. The summed E-state index contributed by atoms with van der Waals surface area (Å²) in [5.41, 5.74) is -0.0232. The molecule has 0 saturated heterocycles. The molecule has 0 radical (unpaired) electrons. The van der Waals surface area contributed by atoms with Crippen molar-refractivity contribution in [2.24, 2.45) is 0 Å². The third-order valence-electron chi connectivity index (χ3n) is 2.45. The van der Waals surface area contributed by atoms with Crippen LogP contribution < -0.4 is 9.47 Å². The zero-order chi connectivity index (χ0) is 14.7. The molecule has 4 nitrogen and oxygen atoms in total. The normalized spacial score (nSPS) is 10.3. The van der Waals surface area contributed by atoms with Crippen LogP contribution >= 0.6 is 38.9 Å². The summed E-state index contributed by atoms with van der Waals surface area (Å²) in [5.74, 6) is -0.646. The van der Waals surface area contributed by atoms with Gasteiger partial charge in [-0.1, -0.05) is 11.6 Å². The van der Waals surface area contributed by atoms with Gasteiger partial charge >= 0.3 is 5.97 Å². The maximum Gasteiger partial charge on any atom is 0.339 e. The van der Waals surface area contributed by atoms with Gasteiger partial charge < -0.3 is 14.6 Å². The van der Waals surface area contributed by atoms with Crippen molar-refractivity contribution < 1.29 is 19.4 Å². The lowest BCUT2D eigenvalue weighted by Crippen LogP contribution is -2.05. The average Bonchev–Trinajstić information content (AvgIpc) is 2.81. The summed E-state index contributed by atoms with van der Waals surface area (Å²) in [7, 11) is 1.44. The number of carboxylic acids is 1. The highest BCUT2D eigenvalue weighted by atomic mass is 79.9. The van der Waals surface area contributed by atoms with E-state index in [0.717, 1.165) is 9.35 Å². The third kappa shape index (κ3) is 3.45. The zero-order valence-electron chi connectivity index (χ0n) is 10.4. The Morgan fingerprint density at radius 3 is 2.75 bits per heavy atom. The molecule has 2 rings (SSSR count). The van der Waals surface area contributed by atoms with E-state index in [1.165, 1.54) is 30.6 Å². The van der Waals surface area contributed by atoms with Crippen molar-refractivity contribution in [3.63, 3.8) is 0 Å². The van der Waals surface area contributed by atoms with Crippen molar-refractivity contribution in [3.05, 3.63) is 43.5 Å². The highest BCUT2D eigenvalue weighted by Gasteiger charge is 2.18. The van der Waals surface area contributed by atoms with Crippen molar-refractivity contribution in [1.82, 2.24) is 0 Å². The second-order valence-electron chi connectivity index (χ2n) is 3.81. The van der Waals surface area contributed by atoms with Crippen LogP contribution in [0.1, 0.15) is 15.2 Å². The number of rotatable bonds is 5. The van der Waals surface area contributed by atoms with E-state index in [9.17, 15) is 9.90 Å². The van der Waals surface area contributed by atoms with Crippen LogP contribution in [0.3, 0.4) is 0 Å². The summed E-state index contributed by atoms with van der Waals surface area (Å²) < 4.78 is 11.7. The molecule has 106 valence electrons. The van der Waals surface area contributed by atoms with Gasteiger partial charge in [0, 0.05) is 25.8 Å². The van der Waals surface area contributed by atoms with E-state index in [4.69, 9.17) is 21.1 Å². The Labute approximate surface area is 133 Å². The first-order valence-electron chi connectivity index (χ1n) is 5.47. The summed E-state index contributed by atoms with van der Waals surface area (Å²) in [6, 6.07) is 4.77. The minimum atomic E-state index is -1.12. The van der Waals surface area contributed by atoms with Crippen molar-refractivity contribution in [1.29, 1.82) is 0 Å². The van der Waals surface area contributed by atoms with Crippen LogP contribution in [0.4, 0.5) is 0 Å². The van der Waals surface area contributed by atoms with Crippen molar-refractivity contribution in [3.8, 4) is 11.5 Å². The Balaban J connectivity index is 2.31. The molecule has 0 aliphatic carbocycles. The van der Waals surface area contributed by atoms with Gasteiger partial charge in [0.2, 0.25) is 0 Å². The van der Waals surface area contributed by atoms with E-state index >= 15 is 0 Å². The van der Waals surface area contributed by atoms with Crippen LogP contribution in [0, 0.1) is 0 Å². The molecule has 0 aliphatic heterocycles. The van der Waals surface area contributed by atoms with Gasteiger partial charge in [-0.25, -0.2) is 4.79 Å². The van der Waals surface area contributed by atoms with E-state index in [1.54, 1.807) is 0 Å². The monoisotopic (exact) mass is 376 g/mol. The van der Waals surface area contributed by atoms with Gasteiger partial charge in [-0.2, -0.15) is 0 Å². The molecule has 0 aliphatic rings. The number of halogens is 2. The number of carboxylic acid groups (broad SMARTS) is 1.